The van der Waals surface area contributed by atoms with E-state index in [1.807, 2.05) is 6.07 Å². The first kappa shape index (κ1) is 44.5. The van der Waals surface area contributed by atoms with E-state index >= 15 is 0 Å². The molecular weight excluding hydrogens is 880 g/mol. The van der Waals surface area contributed by atoms with Gasteiger partial charge in [0.05, 0.1) is 28.1 Å². The maximum atomic E-state index is 7.35. The molecule has 0 saturated heterocycles. The molecular formula is C66H60BN2O3. The molecule has 1 aliphatic heterocycles. The van der Waals surface area contributed by atoms with Crippen molar-refractivity contribution in [3.63, 3.8) is 0 Å². The highest BCUT2D eigenvalue weighted by atomic mass is 16.3. The van der Waals surface area contributed by atoms with E-state index in [-0.39, 0.29) is 21.7 Å². The number of nitrogens with zero attached hydrogens (tertiary/aromatic N) is 1. The first-order valence-electron chi connectivity index (χ1n) is 25.7. The zero-order valence-electron chi connectivity index (χ0n) is 43.1. The normalized spacial score (nSPS) is 15.3. The lowest BCUT2D eigenvalue weighted by atomic mass is 9.60. The van der Waals surface area contributed by atoms with E-state index in [1.165, 1.54) is 22.3 Å². The standard InChI is InChI=1S/C66H60BN2O3/c1-63(2,3)39-24-27-41(28-25-39)68-60-44(29-31-53-57(60)43-21-15-17-23-52(43)70-53)58-56-42-20-14-16-22-51(42)71-55(56)37-50-59(58)67-62-61(46-35-47-48(36-54(46)72-62)66(9,10)33-32-65(47,7)8)69(50)49-30-26-40(64(4,5)6)34-45(49)38-18-12-11-13-19-38/h11-31,34-37,68H,32-33H2,1-10H3. The topological polar surface area (TPSA) is 54.7 Å². The Labute approximate surface area is 423 Å². The van der Waals surface area contributed by atoms with Crippen molar-refractivity contribution < 1.29 is 13.3 Å². The van der Waals surface area contributed by atoms with Gasteiger partial charge < -0.3 is 23.5 Å². The van der Waals surface area contributed by atoms with Crippen LogP contribution in [0.4, 0.5) is 28.4 Å². The highest BCUT2D eigenvalue weighted by Crippen LogP contribution is 2.53. The minimum absolute atomic E-state index is 0.00610. The molecule has 1 aliphatic carbocycles. The fraction of sp³-hybridized carbons (Fsp3) is 0.242. The third-order valence-electron chi connectivity index (χ3n) is 16.1. The largest absolute Gasteiger partial charge is 0.469 e. The zero-order chi connectivity index (χ0) is 49.6. The zero-order valence-corrected chi connectivity index (χ0v) is 43.1. The van der Waals surface area contributed by atoms with Gasteiger partial charge >= 0.3 is 0 Å². The van der Waals surface area contributed by atoms with Crippen LogP contribution in [-0.2, 0) is 21.7 Å². The number of hydrogen-bond acceptors (Lipinski definition) is 5. The summed E-state index contributed by atoms with van der Waals surface area (Å²) in [4.78, 5) is 2.50. The fourth-order valence-electron chi connectivity index (χ4n) is 11.9. The predicted octanol–water partition coefficient (Wildman–Crippen LogP) is 17.7. The van der Waals surface area contributed by atoms with Crippen LogP contribution in [-0.4, -0.2) is 7.28 Å². The molecule has 0 bridgehead atoms. The summed E-state index contributed by atoms with van der Waals surface area (Å²) in [6.45, 7) is 23.3. The molecule has 0 spiro atoms. The minimum atomic E-state index is -0.0828. The number of para-hydroxylation sites is 2. The molecule has 8 aromatic carbocycles. The predicted molar refractivity (Wildman–Crippen MR) is 304 cm³/mol. The van der Waals surface area contributed by atoms with Gasteiger partial charge in [0.2, 0.25) is 7.28 Å². The van der Waals surface area contributed by atoms with Crippen LogP contribution >= 0.6 is 0 Å². The Balaban J connectivity index is 1.17. The van der Waals surface area contributed by atoms with E-state index in [0.717, 1.165) is 130 Å². The molecule has 0 amide bonds. The van der Waals surface area contributed by atoms with E-state index in [2.05, 4.69) is 232 Å². The van der Waals surface area contributed by atoms with Crippen LogP contribution < -0.4 is 21.3 Å². The van der Waals surface area contributed by atoms with Crippen molar-refractivity contribution in [1.82, 2.24) is 0 Å². The lowest BCUT2D eigenvalue weighted by molar-refractivity contribution is 0.332. The number of nitrogens with one attached hydrogen (secondary N) is 1. The molecule has 2 aliphatic rings. The summed E-state index contributed by atoms with van der Waals surface area (Å²) in [6.07, 6.45) is 2.23. The smallest absolute Gasteiger partial charge is 0.247 e. The molecule has 1 radical (unpaired) electrons. The first-order chi connectivity index (χ1) is 34.4. The molecule has 3 aromatic heterocycles. The van der Waals surface area contributed by atoms with Crippen LogP contribution in [0.3, 0.4) is 0 Å². The second-order valence-corrected chi connectivity index (χ2v) is 23.9. The number of anilines is 5. The molecule has 0 saturated carbocycles. The monoisotopic (exact) mass is 939 g/mol. The molecule has 0 fully saturated rings. The number of benzene rings is 8. The van der Waals surface area contributed by atoms with Crippen LogP contribution in [0.15, 0.2) is 165 Å². The average Bonchev–Trinajstić information content (AvgIpc) is 4.05. The number of rotatable bonds is 5. The summed E-state index contributed by atoms with van der Waals surface area (Å²) in [6, 6.07) is 55.2. The van der Waals surface area contributed by atoms with Gasteiger partial charge in [-0.25, -0.2) is 0 Å². The van der Waals surface area contributed by atoms with Gasteiger partial charge in [0.15, 0.2) is 0 Å². The quantitative estimate of drug-likeness (QED) is 0.174. The third kappa shape index (κ3) is 6.89. The van der Waals surface area contributed by atoms with Crippen LogP contribution in [0.5, 0.6) is 0 Å². The lowest BCUT2D eigenvalue weighted by Crippen LogP contribution is -2.40. The van der Waals surface area contributed by atoms with Crippen molar-refractivity contribution >= 4 is 102 Å². The van der Waals surface area contributed by atoms with Gasteiger partial charge in [-0.15, -0.1) is 0 Å². The molecule has 1 N–H and O–H groups in total. The van der Waals surface area contributed by atoms with Crippen LogP contribution in [0.25, 0.3) is 77.1 Å². The Hall–Kier alpha value is -7.44. The maximum Gasteiger partial charge on any atom is 0.247 e. The third-order valence-corrected chi connectivity index (χ3v) is 16.1. The van der Waals surface area contributed by atoms with E-state index in [0.29, 0.717) is 0 Å². The Morgan fingerprint density at radius 2 is 1.11 bits per heavy atom. The summed E-state index contributed by atoms with van der Waals surface area (Å²) in [7, 11) is 2.32. The molecule has 355 valence electrons. The summed E-state index contributed by atoms with van der Waals surface area (Å²) in [5, 5.41) is 9.30. The van der Waals surface area contributed by atoms with Gasteiger partial charge in [-0.1, -0.05) is 154 Å². The van der Waals surface area contributed by atoms with Gasteiger partial charge in [0, 0.05) is 50.1 Å². The molecule has 0 unspecified atom stereocenters. The summed E-state index contributed by atoms with van der Waals surface area (Å²) in [5.74, 6) is 0. The lowest BCUT2D eigenvalue weighted by Gasteiger charge is -2.42. The molecule has 6 heteroatoms. The van der Waals surface area contributed by atoms with Gasteiger partial charge in [-0.3, -0.25) is 0 Å². The molecule has 0 atom stereocenters. The maximum absolute atomic E-state index is 7.35. The highest BCUT2D eigenvalue weighted by molar-refractivity contribution is 6.73. The van der Waals surface area contributed by atoms with E-state index in [1.54, 1.807) is 0 Å². The van der Waals surface area contributed by atoms with Crippen molar-refractivity contribution in [1.29, 1.82) is 0 Å². The fourth-order valence-corrected chi connectivity index (χ4v) is 11.9. The molecule has 72 heavy (non-hydrogen) atoms. The van der Waals surface area contributed by atoms with Gasteiger partial charge in [0.1, 0.15) is 27.9 Å². The Morgan fingerprint density at radius 1 is 0.500 bits per heavy atom. The molecule has 11 aromatic rings. The Bertz CT molecular complexity index is 4000. The Morgan fingerprint density at radius 3 is 1.79 bits per heavy atom. The van der Waals surface area contributed by atoms with E-state index in [9.17, 15) is 0 Å². The van der Waals surface area contributed by atoms with Crippen molar-refractivity contribution in [3.8, 4) is 22.3 Å². The van der Waals surface area contributed by atoms with E-state index in [4.69, 9.17) is 13.3 Å². The van der Waals surface area contributed by atoms with Crippen molar-refractivity contribution in [2.24, 2.45) is 0 Å². The first-order valence-corrected chi connectivity index (χ1v) is 25.7. The summed E-state index contributed by atoms with van der Waals surface area (Å²) >= 11 is 0. The molecule has 5 nitrogen and oxygen atoms in total. The average molecular weight is 940 g/mol. The number of fused-ring (bicyclic) bond motifs is 11. The van der Waals surface area contributed by atoms with E-state index < -0.39 is 0 Å². The summed E-state index contributed by atoms with van der Waals surface area (Å²) in [5.41, 5.74) is 20.8. The molecule has 4 heterocycles. The van der Waals surface area contributed by atoms with Crippen molar-refractivity contribution in [2.45, 2.75) is 104 Å². The van der Waals surface area contributed by atoms with Crippen molar-refractivity contribution in [3.05, 3.63) is 174 Å². The van der Waals surface area contributed by atoms with Crippen LogP contribution in [0.2, 0.25) is 0 Å². The number of furan rings is 3. The molecule has 13 rings (SSSR count). The highest BCUT2D eigenvalue weighted by Gasteiger charge is 2.41. The van der Waals surface area contributed by atoms with Gasteiger partial charge in [-0.05, 0) is 134 Å². The van der Waals surface area contributed by atoms with Crippen LogP contribution in [0.1, 0.15) is 104 Å². The summed E-state index contributed by atoms with van der Waals surface area (Å²) < 4.78 is 21.1. The minimum Gasteiger partial charge on any atom is -0.469 e. The van der Waals surface area contributed by atoms with Gasteiger partial charge in [0.25, 0.3) is 0 Å². The Kier molecular flexibility index (Phi) is 9.60. The van der Waals surface area contributed by atoms with Crippen LogP contribution in [0, 0.1) is 0 Å². The van der Waals surface area contributed by atoms with Gasteiger partial charge in [-0.2, -0.15) is 0 Å². The second-order valence-electron chi connectivity index (χ2n) is 23.9. The second kappa shape index (κ2) is 15.5. The van der Waals surface area contributed by atoms with Crippen molar-refractivity contribution in [2.75, 3.05) is 10.2 Å². The number of hydrogen-bond donors (Lipinski definition) is 1. The SMILES string of the molecule is CC(C)(C)c1ccc(Nc2c(-c3c4c(cc5oc6ccccc6c35)N(c3ccc(C(C)(C)C)cc3-c3ccccc3)c3c(oc5cc6c(cc35)C(C)(C)CCC6(C)C)[B]4)ccc3oc4ccccc4c23)cc1.